The van der Waals surface area contributed by atoms with Crippen LogP contribution in [-0.4, -0.2) is 39.4 Å². The Balaban J connectivity index is 1.70. The fourth-order valence-electron chi connectivity index (χ4n) is 2.77. The summed E-state index contributed by atoms with van der Waals surface area (Å²) in [5, 5.41) is 16.6. The van der Waals surface area contributed by atoms with Gasteiger partial charge in [-0.25, -0.2) is 0 Å². The maximum atomic E-state index is 9.32. The van der Waals surface area contributed by atoms with Crippen LogP contribution < -0.4 is 10.6 Å². The smallest absolute Gasteiger partial charge is 0.245 e. The minimum Gasteiger partial charge on any atom is -0.508 e. The number of H-pyrrole nitrogens is 1. The number of piperidine rings is 1. The zero-order valence-corrected chi connectivity index (χ0v) is 12.2. The van der Waals surface area contributed by atoms with Crippen molar-refractivity contribution < 1.29 is 5.11 Å². The fourth-order valence-corrected chi connectivity index (χ4v) is 2.77. The summed E-state index contributed by atoms with van der Waals surface area (Å²) in [6.07, 6.45) is 2.17. The van der Waals surface area contributed by atoms with E-state index in [1.807, 2.05) is 12.1 Å². The maximum absolute atomic E-state index is 9.32. The Kier molecular flexibility index (Phi) is 3.79. The third-order valence-corrected chi connectivity index (χ3v) is 4.18. The second-order valence-electron chi connectivity index (χ2n) is 5.71. The van der Waals surface area contributed by atoms with Crippen LogP contribution in [0.2, 0.25) is 0 Å². The number of hydrogen-bond acceptors (Lipinski definition) is 5. The van der Waals surface area contributed by atoms with Gasteiger partial charge in [0.05, 0.1) is 0 Å². The van der Waals surface area contributed by atoms with Crippen LogP contribution in [0, 0.1) is 5.92 Å². The number of hydrogen-bond donors (Lipinski definition) is 3. The Bertz CT molecular complexity index is 584. The zero-order chi connectivity index (χ0) is 14.8. The van der Waals surface area contributed by atoms with Gasteiger partial charge in [-0.1, -0.05) is 0 Å². The van der Waals surface area contributed by atoms with Crippen molar-refractivity contribution >= 4 is 5.95 Å². The SMILES string of the molecule is CC(N)C1CCN(c2n[nH]c(-c3ccc(O)cc3)n2)CC1. The minimum atomic E-state index is 0.247. The molecule has 3 rings (SSSR count). The van der Waals surface area contributed by atoms with Crippen molar-refractivity contribution in [2.45, 2.75) is 25.8 Å². The molecule has 6 nitrogen and oxygen atoms in total. The van der Waals surface area contributed by atoms with Crippen LogP contribution in [-0.2, 0) is 0 Å². The lowest BCUT2D eigenvalue weighted by Gasteiger charge is -2.32. The lowest BCUT2D eigenvalue weighted by molar-refractivity contribution is 0.352. The molecule has 0 aliphatic carbocycles. The van der Waals surface area contributed by atoms with Crippen molar-refractivity contribution in [3.05, 3.63) is 24.3 Å². The molecule has 0 bridgehead atoms. The first-order valence-electron chi connectivity index (χ1n) is 7.36. The quantitative estimate of drug-likeness (QED) is 0.800. The number of aromatic hydroxyl groups is 1. The van der Waals surface area contributed by atoms with Crippen molar-refractivity contribution in [2.24, 2.45) is 11.7 Å². The second-order valence-corrected chi connectivity index (χ2v) is 5.71. The van der Waals surface area contributed by atoms with E-state index in [0.717, 1.165) is 43.3 Å². The van der Waals surface area contributed by atoms with Gasteiger partial charge in [-0.05, 0) is 49.9 Å². The van der Waals surface area contributed by atoms with Gasteiger partial charge in [0, 0.05) is 24.7 Å². The van der Waals surface area contributed by atoms with E-state index < -0.39 is 0 Å². The molecule has 112 valence electrons. The van der Waals surface area contributed by atoms with Crippen LogP contribution in [0.4, 0.5) is 5.95 Å². The van der Waals surface area contributed by atoms with E-state index in [0.29, 0.717) is 5.92 Å². The van der Waals surface area contributed by atoms with Crippen molar-refractivity contribution in [2.75, 3.05) is 18.0 Å². The predicted octanol–water partition coefficient (Wildman–Crippen LogP) is 1.74. The molecule has 2 heterocycles. The third-order valence-electron chi connectivity index (χ3n) is 4.18. The predicted molar refractivity (Wildman–Crippen MR) is 82.1 cm³/mol. The van der Waals surface area contributed by atoms with E-state index in [-0.39, 0.29) is 11.8 Å². The number of aromatic amines is 1. The normalized spacial score (nSPS) is 17.9. The maximum Gasteiger partial charge on any atom is 0.245 e. The summed E-state index contributed by atoms with van der Waals surface area (Å²) in [5.41, 5.74) is 6.88. The Labute approximate surface area is 124 Å². The number of aromatic nitrogens is 3. The van der Waals surface area contributed by atoms with Crippen molar-refractivity contribution in [3.8, 4) is 17.1 Å². The molecular formula is C15H21N5O. The summed E-state index contributed by atoms with van der Waals surface area (Å²) in [7, 11) is 0. The van der Waals surface area contributed by atoms with Crippen LogP contribution in [0.15, 0.2) is 24.3 Å². The summed E-state index contributed by atoms with van der Waals surface area (Å²) in [6.45, 7) is 3.97. The van der Waals surface area contributed by atoms with Gasteiger partial charge in [-0.3, -0.25) is 5.10 Å². The largest absolute Gasteiger partial charge is 0.508 e. The molecule has 1 atom stereocenters. The molecule has 4 N–H and O–H groups in total. The highest BCUT2D eigenvalue weighted by Gasteiger charge is 2.24. The van der Waals surface area contributed by atoms with Gasteiger partial charge in [0.15, 0.2) is 5.82 Å². The number of benzene rings is 1. The summed E-state index contributed by atoms with van der Waals surface area (Å²) < 4.78 is 0. The molecule has 6 heteroatoms. The molecular weight excluding hydrogens is 266 g/mol. The highest BCUT2D eigenvalue weighted by Crippen LogP contribution is 2.24. The lowest BCUT2D eigenvalue weighted by atomic mass is 9.91. The summed E-state index contributed by atoms with van der Waals surface area (Å²) in [4.78, 5) is 6.74. The molecule has 1 saturated heterocycles. The van der Waals surface area contributed by atoms with E-state index >= 15 is 0 Å². The Morgan fingerprint density at radius 3 is 2.57 bits per heavy atom. The molecule has 1 aliphatic rings. The van der Waals surface area contributed by atoms with Gasteiger partial charge < -0.3 is 15.7 Å². The fraction of sp³-hybridized carbons (Fsp3) is 0.467. The number of nitrogens with two attached hydrogens (primary N) is 1. The number of anilines is 1. The first kappa shape index (κ1) is 13.9. The molecule has 0 saturated carbocycles. The standard InChI is InChI=1S/C15H21N5O/c1-10(16)11-6-8-20(9-7-11)15-17-14(18-19-15)12-2-4-13(21)5-3-12/h2-5,10-11,21H,6-9,16H2,1H3,(H,17,18,19). The third kappa shape index (κ3) is 3.00. The second kappa shape index (κ2) is 5.73. The molecule has 1 unspecified atom stereocenters. The van der Waals surface area contributed by atoms with Crippen LogP contribution >= 0.6 is 0 Å². The molecule has 1 aromatic carbocycles. The summed E-state index contributed by atoms with van der Waals surface area (Å²) in [6, 6.07) is 7.19. The van der Waals surface area contributed by atoms with E-state index in [2.05, 4.69) is 27.0 Å². The molecule has 2 aromatic rings. The van der Waals surface area contributed by atoms with Gasteiger partial charge in [-0.15, -0.1) is 5.10 Å². The van der Waals surface area contributed by atoms with Gasteiger partial charge in [0.1, 0.15) is 5.75 Å². The van der Waals surface area contributed by atoms with Gasteiger partial charge >= 0.3 is 0 Å². The average molecular weight is 287 g/mol. The highest BCUT2D eigenvalue weighted by molar-refractivity contribution is 5.57. The number of nitrogens with zero attached hydrogens (tertiary/aromatic N) is 3. The van der Waals surface area contributed by atoms with Gasteiger partial charge in [-0.2, -0.15) is 4.98 Å². The lowest BCUT2D eigenvalue weighted by Crippen LogP contribution is -2.40. The van der Waals surface area contributed by atoms with Gasteiger partial charge in [0.2, 0.25) is 5.95 Å². The molecule has 1 fully saturated rings. The Hall–Kier alpha value is -2.08. The Morgan fingerprint density at radius 2 is 1.95 bits per heavy atom. The monoisotopic (exact) mass is 287 g/mol. The van der Waals surface area contributed by atoms with E-state index in [1.165, 1.54) is 0 Å². The van der Waals surface area contributed by atoms with E-state index in [9.17, 15) is 5.11 Å². The number of phenols is 1. The Morgan fingerprint density at radius 1 is 1.29 bits per heavy atom. The first-order valence-corrected chi connectivity index (χ1v) is 7.36. The molecule has 0 amide bonds. The van der Waals surface area contributed by atoms with Crippen LogP contribution in [0.25, 0.3) is 11.4 Å². The van der Waals surface area contributed by atoms with Crippen molar-refractivity contribution in [1.82, 2.24) is 15.2 Å². The van der Waals surface area contributed by atoms with Crippen molar-refractivity contribution in [1.29, 1.82) is 0 Å². The molecule has 0 spiro atoms. The molecule has 1 aromatic heterocycles. The topological polar surface area (TPSA) is 91.1 Å². The van der Waals surface area contributed by atoms with E-state index in [4.69, 9.17) is 5.73 Å². The summed E-state index contributed by atoms with van der Waals surface area (Å²) >= 11 is 0. The number of rotatable bonds is 3. The van der Waals surface area contributed by atoms with Crippen molar-refractivity contribution in [3.63, 3.8) is 0 Å². The van der Waals surface area contributed by atoms with E-state index in [1.54, 1.807) is 12.1 Å². The molecule has 21 heavy (non-hydrogen) atoms. The number of phenolic OH excluding ortho intramolecular Hbond substituents is 1. The zero-order valence-electron chi connectivity index (χ0n) is 12.2. The molecule has 0 radical (unpaired) electrons. The minimum absolute atomic E-state index is 0.247. The molecule has 1 aliphatic heterocycles. The highest BCUT2D eigenvalue weighted by atomic mass is 16.3. The van der Waals surface area contributed by atoms with Crippen LogP contribution in [0.1, 0.15) is 19.8 Å². The average Bonchev–Trinajstić information content (AvgIpc) is 2.98. The van der Waals surface area contributed by atoms with Gasteiger partial charge in [0.25, 0.3) is 0 Å². The van der Waals surface area contributed by atoms with Crippen LogP contribution in [0.3, 0.4) is 0 Å². The number of nitrogens with one attached hydrogen (secondary N) is 1. The summed E-state index contributed by atoms with van der Waals surface area (Å²) in [5.74, 6) is 2.30. The van der Waals surface area contributed by atoms with Crippen LogP contribution in [0.5, 0.6) is 5.75 Å². The first-order chi connectivity index (χ1) is 10.1.